The molecule has 114 valence electrons. The smallest absolute Gasteiger partial charge is 0.224 e. The van der Waals surface area contributed by atoms with E-state index in [1.807, 2.05) is 12.1 Å². The van der Waals surface area contributed by atoms with E-state index in [1.165, 1.54) is 0 Å². The third-order valence-electron chi connectivity index (χ3n) is 3.06. The summed E-state index contributed by atoms with van der Waals surface area (Å²) in [6.07, 6.45) is 6.15. The van der Waals surface area contributed by atoms with Gasteiger partial charge in [0.2, 0.25) is 5.95 Å². The Labute approximate surface area is 130 Å². The van der Waals surface area contributed by atoms with Gasteiger partial charge in [0.15, 0.2) is 5.82 Å². The van der Waals surface area contributed by atoms with E-state index >= 15 is 0 Å². The molecular weight excluding hydrogens is 288 g/mol. The van der Waals surface area contributed by atoms with Crippen molar-refractivity contribution >= 4 is 23.4 Å². The Morgan fingerprint density at radius 2 is 2.29 bits per heavy atom. The van der Waals surface area contributed by atoms with Crippen molar-refractivity contribution < 1.29 is 4.42 Å². The van der Waals surface area contributed by atoms with E-state index in [4.69, 9.17) is 16.0 Å². The highest BCUT2D eigenvalue weighted by Gasteiger charge is 2.09. The standard InChI is InChI=1S/C15H21ClN4O/c1-3-8-17-15-18-10-13(16)14(20-15)19-11(2)6-7-12-5-4-9-21-12/h4-5,9-11H,3,6-8H2,1-2H3,(H2,17,18,19,20). The number of rotatable bonds is 8. The first kappa shape index (κ1) is 15.6. The lowest BCUT2D eigenvalue weighted by molar-refractivity contribution is 0.495. The molecule has 21 heavy (non-hydrogen) atoms. The third-order valence-corrected chi connectivity index (χ3v) is 3.34. The second kappa shape index (κ2) is 7.88. The second-order valence-electron chi connectivity index (χ2n) is 4.98. The Balaban J connectivity index is 1.91. The molecule has 0 bridgehead atoms. The highest BCUT2D eigenvalue weighted by Crippen LogP contribution is 2.21. The zero-order chi connectivity index (χ0) is 15.1. The minimum Gasteiger partial charge on any atom is -0.469 e. The van der Waals surface area contributed by atoms with Gasteiger partial charge in [-0.15, -0.1) is 0 Å². The lowest BCUT2D eigenvalue weighted by Gasteiger charge is -2.15. The van der Waals surface area contributed by atoms with Crippen molar-refractivity contribution in [3.8, 4) is 0 Å². The van der Waals surface area contributed by atoms with Gasteiger partial charge in [0, 0.05) is 19.0 Å². The van der Waals surface area contributed by atoms with Gasteiger partial charge in [-0.25, -0.2) is 4.98 Å². The summed E-state index contributed by atoms with van der Waals surface area (Å²) in [5.41, 5.74) is 0. The van der Waals surface area contributed by atoms with Gasteiger partial charge in [-0.3, -0.25) is 0 Å². The van der Waals surface area contributed by atoms with Crippen LogP contribution in [0.4, 0.5) is 11.8 Å². The molecule has 6 heteroatoms. The van der Waals surface area contributed by atoms with Crippen molar-refractivity contribution in [1.29, 1.82) is 0 Å². The predicted octanol–water partition coefficient (Wildman–Crippen LogP) is 3.98. The largest absolute Gasteiger partial charge is 0.469 e. The summed E-state index contributed by atoms with van der Waals surface area (Å²) in [4.78, 5) is 8.57. The van der Waals surface area contributed by atoms with Gasteiger partial charge in [0.1, 0.15) is 10.8 Å². The lowest BCUT2D eigenvalue weighted by atomic mass is 10.1. The molecule has 0 radical (unpaired) electrons. The highest BCUT2D eigenvalue weighted by atomic mass is 35.5. The summed E-state index contributed by atoms with van der Waals surface area (Å²) in [5, 5.41) is 7.01. The molecule has 0 aliphatic carbocycles. The minimum absolute atomic E-state index is 0.238. The van der Waals surface area contributed by atoms with Crippen LogP contribution in [0.2, 0.25) is 5.02 Å². The fraction of sp³-hybridized carbons (Fsp3) is 0.467. The fourth-order valence-electron chi connectivity index (χ4n) is 1.91. The molecule has 0 aliphatic rings. The molecule has 2 rings (SSSR count). The van der Waals surface area contributed by atoms with Gasteiger partial charge in [-0.05, 0) is 31.9 Å². The highest BCUT2D eigenvalue weighted by molar-refractivity contribution is 6.32. The molecule has 0 aliphatic heterocycles. The van der Waals surface area contributed by atoms with Crippen LogP contribution < -0.4 is 10.6 Å². The summed E-state index contributed by atoms with van der Waals surface area (Å²) < 4.78 is 5.33. The van der Waals surface area contributed by atoms with Gasteiger partial charge >= 0.3 is 0 Å². The van der Waals surface area contributed by atoms with Crippen LogP contribution in [0.5, 0.6) is 0 Å². The number of hydrogen-bond donors (Lipinski definition) is 2. The van der Waals surface area contributed by atoms with Crippen LogP contribution in [-0.2, 0) is 6.42 Å². The van der Waals surface area contributed by atoms with Crippen LogP contribution in [0.1, 0.15) is 32.4 Å². The van der Waals surface area contributed by atoms with Gasteiger partial charge in [0.05, 0.1) is 12.5 Å². The molecule has 1 unspecified atom stereocenters. The van der Waals surface area contributed by atoms with Crippen LogP contribution in [0.15, 0.2) is 29.0 Å². The maximum atomic E-state index is 6.14. The van der Waals surface area contributed by atoms with E-state index in [0.29, 0.717) is 16.8 Å². The van der Waals surface area contributed by atoms with Crippen molar-refractivity contribution in [3.05, 3.63) is 35.4 Å². The van der Waals surface area contributed by atoms with Gasteiger partial charge < -0.3 is 15.1 Å². The zero-order valence-electron chi connectivity index (χ0n) is 12.4. The number of halogens is 1. The summed E-state index contributed by atoms with van der Waals surface area (Å²) in [6, 6.07) is 4.12. The molecule has 2 aromatic heterocycles. The molecular formula is C15H21ClN4O. The normalized spacial score (nSPS) is 12.1. The molecule has 0 saturated carbocycles. The van der Waals surface area contributed by atoms with Crippen LogP contribution in [0.25, 0.3) is 0 Å². The van der Waals surface area contributed by atoms with Crippen molar-refractivity contribution in [3.63, 3.8) is 0 Å². The third kappa shape index (κ3) is 4.93. The molecule has 0 saturated heterocycles. The van der Waals surface area contributed by atoms with E-state index in [2.05, 4.69) is 34.4 Å². The van der Waals surface area contributed by atoms with Crippen LogP contribution in [-0.4, -0.2) is 22.6 Å². The monoisotopic (exact) mass is 308 g/mol. The molecule has 1 atom stereocenters. The topological polar surface area (TPSA) is 63.0 Å². The minimum atomic E-state index is 0.238. The quantitative estimate of drug-likeness (QED) is 0.772. The maximum absolute atomic E-state index is 6.14. The number of hydrogen-bond acceptors (Lipinski definition) is 5. The molecule has 5 nitrogen and oxygen atoms in total. The van der Waals surface area contributed by atoms with E-state index in [0.717, 1.165) is 31.6 Å². The summed E-state index contributed by atoms with van der Waals surface area (Å²) >= 11 is 6.14. The Kier molecular flexibility index (Phi) is 5.87. The number of aryl methyl sites for hydroxylation is 1. The van der Waals surface area contributed by atoms with Gasteiger partial charge in [-0.2, -0.15) is 4.98 Å². The summed E-state index contributed by atoms with van der Waals surface area (Å²) in [7, 11) is 0. The van der Waals surface area contributed by atoms with E-state index in [9.17, 15) is 0 Å². The summed E-state index contributed by atoms with van der Waals surface area (Å²) in [6.45, 7) is 5.04. The lowest BCUT2D eigenvalue weighted by Crippen LogP contribution is -2.18. The molecule has 0 aromatic carbocycles. The zero-order valence-corrected chi connectivity index (χ0v) is 13.2. The molecule has 0 fully saturated rings. The Hall–Kier alpha value is -1.75. The second-order valence-corrected chi connectivity index (χ2v) is 5.39. The maximum Gasteiger partial charge on any atom is 0.224 e. The average molecular weight is 309 g/mol. The van der Waals surface area contributed by atoms with Crippen LogP contribution in [0.3, 0.4) is 0 Å². The van der Waals surface area contributed by atoms with Crippen LogP contribution >= 0.6 is 11.6 Å². The van der Waals surface area contributed by atoms with Gasteiger partial charge in [0.25, 0.3) is 0 Å². The first-order chi connectivity index (χ1) is 10.2. The van der Waals surface area contributed by atoms with Crippen LogP contribution in [0, 0.1) is 0 Å². The van der Waals surface area contributed by atoms with Crippen molar-refractivity contribution in [2.45, 2.75) is 39.2 Å². The van der Waals surface area contributed by atoms with Crippen molar-refractivity contribution in [2.75, 3.05) is 17.2 Å². The van der Waals surface area contributed by atoms with Crippen molar-refractivity contribution in [1.82, 2.24) is 9.97 Å². The first-order valence-electron chi connectivity index (χ1n) is 7.24. The Bertz CT molecular complexity index is 545. The Morgan fingerprint density at radius 3 is 3.00 bits per heavy atom. The molecule has 0 amide bonds. The Morgan fingerprint density at radius 1 is 1.43 bits per heavy atom. The van der Waals surface area contributed by atoms with E-state index in [1.54, 1.807) is 12.5 Å². The average Bonchev–Trinajstić information content (AvgIpc) is 2.99. The molecule has 2 aromatic rings. The number of nitrogens with one attached hydrogen (secondary N) is 2. The number of anilines is 2. The van der Waals surface area contributed by atoms with Gasteiger partial charge in [-0.1, -0.05) is 18.5 Å². The number of nitrogens with zero attached hydrogens (tertiary/aromatic N) is 2. The molecule has 2 N–H and O–H groups in total. The number of aromatic nitrogens is 2. The SMILES string of the molecule is CCCNc1ncc(Cl)c(NC(C)CCc2ccco2)n1. The summed E-state index contributed by atoms with van der Waals surface area (Å²) in [5.74, 6) is 2.25. The fourth-order valence-corrected chi connectivity index (χ4v) is 2.06. The van der Waals surface area contributed by atoms with Crippen molar-refractivity contribution in [2.24, 2.45) is 0 Å². The van der Waals surface area contributed by atoms with E-state index in [-0.39, 0.29) is 6.04 Å². The molecule has 2 heterocycles. The first-order valence-corrected chi connectivity index (χ1v) is 7.62. The van der Waals surface area contributed by atoms with E-state index < -0.39 is 0 Å². The molecule has 0 spiro atoms. The predicted molar refractivity (Wildman–Crippen MR) is 85.9 cm³/mol. The number of furan rings is 1.